The Morgan fingerprint density at radius 3 is 2.71 bits per heavy atom. The van der Waals surface area contributed by atoms with Gasteiger partial charge in [0.15, 0.2) is 0 Å². The van der Waals surface area contributed by atoms with Gasteiger partial charge in [-0.05, 0) is 18.8 Å². The first-order valence-corrected chi connectivity index (χ1v) is 4.09. The van der Waals surface area contributed by atoms with Crippen LogP contribution in [0, 0.1) is 5.92 Å². The summed E-state index contributed by atoms with van der Waals surface area (Å²) in [5.74, 6) is 0.926. The van der Waals surface area contributed by atoms with Crippen LogP contribution in [-0.2, 0) is 4.74 Å². The molecule has 42 valence electrons. The summed E-state index contributed by atoms with van der Waals surface area (Å²) in [4.78, 5) is 0. The van der Waals surface area contributed by atoms with Crippen molar-refractivity contribution in [2.45, 2.75) is 12.8 Å². The highest BCUT2D eigenvalue weighted by molar-refractivity contribution is 14.1. The van der Waals surface area contributed by atoms with E-state index in [1.807, 2.05) is 0 Å². The number of halogens is 1. The van der Waals surface area contributed by atoms with Crippen LogP contribution in [-0.4, -0.2) is 11.2 Å². The van der Waals surface area contributed by atoms with E-state index in [0.29, 0.717) is 0 Å². The minimum Gasteiger partial charge on any atom is -0.371 e. The zero-order valence-electron chi connectivity index (χ0n) is 4.19. The molecule has 1 saturated carbocycles. The van der Waals surface area contributed by atoms with Crippen molar-refractivity contribution < 1.29 is 4.74 Å². The molecule has 0 radical (unpaired) electrons. The first-order valence-electron chi connectivity index (χ1n) is 2.57. The highest BCUT2D eigenvalue weighted by Crippen LogP contribution is 2.28. The summed E-state index contributed by atoms with van der Waals surface area (Å²) in [5, 5.41) is 0. The Labute approximate surface area is 57.6 Å². The quantitative estimate of drug-likeness (QED) is 0.512. The Morgan fingerprint density at radius 2 is 2.29 bits per heavy atom. The van der Waals surface area contributed by atoms with E-state index in [4.69, 9.17) is 4.74 Å². The average Bonchev–Trinajstić information content (AvgIpc) is 2.42. The maximum Gasteiger partial charge on any atom is 0.0979 e. The van der Waals surface area contributed by atoms with E-state index in [-0.39, 0.29) is 0 Å². The van der Waals surface area contributed by atoms with Gasteiger partial charge in [0, 0.05) is 0 Å². The Morgan fingerprint density at radius 1 is 1.57 bits per heavy atom. The number of hydrogen-bond donors (Lipinski definition) is 0. The summed E-state index contributed by atoms with van der Waals surface area (Å²) in [5.41, 5.74) is 0. The Kier molecular flexibility index (Phi) is 2.38. The molecule has 0 aliphatic heterocycles. The number of ether oxygens (including phenoxy) is 1. The van der Waals surface area contributed by atoms with Crippen LogP contribution < -0.4 is 0 Å². The molecule has 1 fully saturated rings. The highest BCUT2D eigenvalue weighted by Gasteiger charge is 2.20. The lowest BCUT2D eigenvalue weighted by Crippen LogP contribution is -1.91. The van der Waals surface area contributed by atoms with Crippen molar-refractivity contribution in [3.8, 4) is 0 Å². The third-order valence-electron chi connectivity index (χ3n) is 1.13. The molecule has 0 aromatic rings. The van der Waals surface area contributed by atoms with Crippen molar-refractivity contribution in [1.82, 2.24) is 0 Å². The third kappa shape index (κ3) is 2.49. The third-order valence-corrected chi connectivity index (χ3v) is 1.57. The van der Waals surface area contributed by atoms with Gasteiger partial charge in [-0.15, -0.1) is 0 Å². The van der Waals surface area contributed by atoms with Gasteiger partial charge >= 0.3 is 0 Å². The molecular weight excluding hydrogens is 203 g/mol. The summed E-state index contributed by atoms with van der Waals surface area (Å²) in [7, 11) is 0. The van der Waals surface area contributed by atoms with Gasteiger partial charge in [0.2, 0.25) is 0 Å². The van der Waals surface area contributed by atoms with Gasteiger partial charge in [-0.2, -0.15) is 0 Å². The molecule has 0 atom stereocenters. The van der Waals surface area contributed by atoms with Crippen molar-refractivity contribution in [1.29, 1.82) is 0 Å². The Bertz CT molecular complexity index is 52.0. The SMILES string of the molecule is ICOCC1CC1. The average molecular weight is 212 g/mol. The lowest BCUT2D eigenvalue weighted by atomic mass is 10.5. The molecule has 0 spiro atoms. The fraction of sp³-hybridized carbons (Fsp3) is 1.00. The summed E-state index contributed by atoms with van der Waals surface area (Å²) in [6.45, 7) is 1.00. The van der Waals surface area contributed by atoms with E-state index in [2.05, 4.69) is 22.6 Å². The van der Waals surface area contributed by atoms with Crippen molar-refractivity contribution >= 4 is 22.6 Å². The van der Waals surface area contributed by atoms with Crippen LogP contribution >= 0.6 is 22.6 Å². The first-order chi connectivity index (χ1) is 3.43. The highest BCUT2D eigenvalue weighted by atomic mass is 127. The van der Waals surface area contributed by atoms with Gasteiger partial charge in [0.05, 0.1) is 11.2 Å². The molecule has 1 aliphatic rings. The van der Waals surface area contributed by atoms with Gasteiger partial charge in [-0.1, -0.05) is 22.6 Å². The monoisotopic (exact) mass is 212 g/mol. The molecule has 1 nitrogen and oxygen atoms in total. The Balaban J connectivity index is 1.80. The maximum atomic E-state index is 5.14. The van der Waals surface area contributed by atoms with Gasteiger partial charge in [-0.25, -0.2) is 0 Å². The van der Waals surface area contributed by atoms with E-state index in [9.17, 15) is 0 Å². The van der Waals surface area contributed by atoms with Crippen molar-refractivity contribution in [3.05, 3.63) is 0 Å². The van der Waals surface area contributed by atoms with Crippen LogP contribution in [0.4, 0.5) is 0 Å². The van der Waals surface area contributed by atoms with Crippen molar-refractivity contribution in [3.63, 3.8) is 0 Å². The molecule has 0 unspecified atom stereocenters. The van der Waals surface area contributed by atoms with Crippen LogP contribution in [0.25, 0.3) is 0 Å². The van der Waals surface area contributed by atoms with E-state index >= 15 is 0 Å². The molecule has 7 heavy (non-hydrogen) atoms. The molecule has 0 aromatic heterocycles. The molecule has 0 N–H and O–H groups in total. The molecule has 0 heterocycles. The van der Waals surface area contributed by atoms with Crippen LogP contribution in [0.5, 0.6) is 0 Å². The first kappa shape index (κ1) is 5.82. The smallest absolute Gasteiger partial charge is 0.0979 e. The van der Waals surface area contributed by atoms with Gasteiger partial charge < -0.3 is 4.74 Å². The lowest BCUT2D eigenvalue weighted by Gasteiger charge is -1.92. The largest absolute Gasteiger partial charge is 0.371 e. The molecule has 0 aromatic carbocycles. The minimum atomic E-state index is 0.855. The summed E-state index contributed by atoms with van der Waals surface area (Å²) >= 11 is 2.23. The molecule has 2 heteroatoms. The zero-order chi connectivity index (χ0) is 5.11. The van der Waals surface area contributed by atoms with Crippen LogP contribution in [0.1, 0.15) is 12.8 Å². The maximum absolute atomic E-state index is 5.14. The fourth-order valence-electron chi connectivity index (χ4n) is 0.496. The van der Waals surface area contributed by atoms with E-state index in [1.54, 1.807) is 0 Å². The molecule has 0 saturated heterocycles. The zero-order valence-corrected chi connectivity index (χ0v) is 6.35. The molecule has 0 amide bonds. The van der Waals surface area contributed by atoms with E-state index in [1.165, 1.54) is 12.8 Å². The standard InChI is InChI=1S/C5H9IO/c6-4-7-3-5-1-2-5/h5H,1-4H2. The molecule has 1 aliphatic carbocycles. The summed E-state index contributed by atoms with van der Waals surface area (Å²) in [6.07, 6.45) is 2.80. The lowest BCUT2D eigenvalue weighted by molar-refractivity contribution is 0.178. The minimum absolute atomic E-state index is 0.855. The predicted molar refractivity (Wildman–Crippen MR) is 37.6 cm³/mol. The van der Waals surface area contributed by atoms with E-state index < -0.39 is 0 Å². The summed E-state index contributed by atoms with van der Waals surface area (Å²) < 4.78 is 6.00. The normalized spacial score (nSPS) is 20.1. The van der Waals surface area contributed by atoms with Gasteiger partial charge in [0.1, 0.15) is 0 Å². The Hall–Kier alpha value is 0.690. The predicted octanol–water partition coefficient (Wildman–Crippen LogP) is 1.81. The van der Waals surface area contributed by atoms with Crippen LogP contribution in [0.15, 0.2) is 0 Å². The van der Waals surface area contributed by atoms with Crippen molar-refractivity contribution in [2.24, 2.45) is 5.92 Å². The number of hydrogen-bond acceptors (Lipinski definition) is 1. The van der Waals surface area contributed by atoms with Crippen LogP contribution in [0.2, 0.25) is 0 Å². The second kappa shape index (κ2) is 2.87. The van der Waals surface area contributed by atoms with Gasteiger partial charge in [-0.3, -0.25) is 0 Å². The second-order valence-corrected chi connectivity index (χ2v) is 2.55. The molecule has 0 bridgehead atoms. The van der Waals surface area contributed by atoms with E-state index in [0.717, 1.165) is 17.1 Å². The summed E-state index contributed by atoms with van der Waals surface area (Å²) in [6, 6.07) is 0. The number of rotatable bonds is 3. The fourth-order valence-corrected chi connectivity index (χ4v) is 0.750. The topological polar surface area (TPSA) is 9.23 Å². The van der Waals surface area contributed by atoms with Crippen LogP contribution in [0.3, 0.4) is 0 Å². The van der Waals surface area contributed by atoms with Gasteiger partial charge in [0.25, 0.3) is 0 Å². The molecule has 1 rings (SSSR count). The molecular formula is C5H9IO. The number of alkyl halides is 1. The second-order valence-electron chi connectivity index (χ2n) is 1.92. The van der Waals surface area contributed by atoms with Crippen molar-refractivity contribution in [2.75, 3.05) is 11.2 Å².